The van der Waals surface area contributed by atoms with Gasteiger partial charge in [0.25, 0.3) is 5.89 Å². The van der Waals surface area contributed by atoms with Gasteiger partial charge in [-0.15, -0.1) is 10.2 Å². The number of aromatic nitrogens is 6. The van der Waals surface area contributed by atoms with Crippen LogP contribution in [-0.2, 0) is 6.54 Å². The molecule has 0 saturated heterocycles. The second-order valence-electron chi connectivity index (χ2n) is 5.48. The van der Waals surface area contributed by atoms with E-state index in [4.69, 9.17) is 4.52 Å². The lowest BCUT2D eigenvalue weighted by Crippen LogP contribution is -2.04. The molecular weight excluding hydrogens is 323 g/mol. The van der Waals surface area contributed by atoms with Gasteiger partial charge in [0.15, 0.2) is 0 Å². The van der Waals surface area contributed by atoms with Gasteiger partial charge >= 0.3 is 0 Å². The van der Waals surface area contributed by atoms with E-state index in [1.165, 1.54) is 16.9 Å². The third kappa shape index (κ3) is 3.14. The van der Waals surface area contributed by atoms with E-state index in [0.29, 0.717) is 23.1 Å². The number of aryl methyl sites for hydroxylation is 1. The minimum absolute atomic E-state index is 0.182. The summed E-state index contributed by atoms with van der Waals surface area (Å²) in [6.07, 6.45) is 0. The molecule has 0 aliphatic rings. The summed E-state index contributed by atoms with van der Waals surface area (Å²) in [6, 6.07) is 14.0. The highest BCUT2D eigenvalue weighted by Crippen LogP contribution is 2.21. The SMILES string of the molecule is Cc1ccc(F)cc1-c1noc(Cn2nnc(-c3ccccc3)n2)n1. The Balaban J connectivity index is 1.56. The van der Waals surface area contributed by atoms with E-state index in [9.17, 15) is 4.39 Å². The third-order valence-corrected chi connectivity index (χ3v) is 3.67. The summed E-state index contributed by atoms with van der Waals surface area (Å²) in [5.74, 6) is 0.810. The highest BCUT2D eigenvalue weighted by atomic mass is 19.1. The molecule has 124 valence electrons. The lowest BCUT2D eigenvalue weighted by molar-refractivity contribution is 0.356. The van der Waals surface area contributed by atoms with E-state index in [2.05, 4.69) is 25.6 Å². The molecule has 7 nitrogen and oxygen atoms in total. The fraction of sp³-hybridized carbons (Fsp3) is 0.118. The molecule has 0 unspecified atom stereocenters. The summed E-state index contributed by atoms with van der Waals surface area (Å²) >= 11 is 0. The van der Waals surface area contributed by atoms with Crippen molar-refractivity contribution in [3.8, 4) is 22.8 Å². The van der Waals surface area contributed by atoms with E-state index in [1.54, 1.807) is 6.07 Å². The number of hydrogen-bond acceptors (Lipinski definition) is 6. The number of rotatable bonds is 4. The minimum atomic E-state index is -0.350. The fourth-order valence-electron chi connectivity index (χ4n) is 2.40. The Morgan fingerprint density at radius 2 is 1.92 bits per heavy atom. The Kier molecular flexibility index (Phi) is 3.77. The number of benzene rings is 2. The van der Waals surface area contributed by atoms with Crippen LogP contribution in [0.1, 0.15) is 11.5 Å². The number of nitrogens with zero attached hydrogens (tertiary/aromatic N) is 6. The van der Waals surface area contributed by atoms with E-state index in [1.807, 2.05) is 37.3 Å². The van der Waals surface area contributed by atoms with Crippen molar-refractivity contribution in [2.24, 2.45) is 0 Å². The van der Waals surface area contributed by atoms with Gasteiger partial charge in [-0.2, -0.15) is 9.78 Å². The van der Waals surface area contributed by atoms with Gasteiger partial charge in [-0.1, -0.05) is 41.6 Å². The quantitative estimate of drug-likeness (QED) is 0.570. The zero-order chi connectivity index (χ0) is 17.2. The lowest BCUT2D eigenvalue weighted by Gasteiger charge is -1.99. The van der Waals surface area contributed by atoms with Gasteiger partial charge in [-0.05, 0) is 29.8 Å². The van der Waals surface area contributed by atoms with Gasteiger partial charge in [0.05, 0.1) is 0 Å². The highest BCUT2D eigenvalue weighted by molar-refractivity contribution is 5.59. The molecule has 0 radical (unpaired) electrons. The summed E-state index contributed by atoms with van der Waals surface area (Å²) < 4.78 is 18.7. The normalized spacial score (nSPS) is 11.0. The van der Waals surface area contributed by atoms with Crippen molar-refractivity contribution < 1.29 is 8.91 Å². The van der Waals surface area contributed by atoms with E-state index < -0.39 is 0 Å². The molecule has 0 aliphatic carbocycles. The molecule has 0 aliphatic heterocycles. The predicted octanol–water partition coefficient (Wildman–Crippen LogP) is 2.89. The molecule has 4 aromatic rings. The first-order valence-electron chi connectivity index (χ1n) is 7.61. The summed E-state index contributed by atoms with van der Waals surface area (Å²) in [5.41, 5.74) is 2.32. The van der Waals surface area contributed by atoms with Crippen LogP contribution in [0, 0.1) is 12.7 Å². The van der Waals surface area contributed by atoms with Crippen LogP contribution in [-0.4, -0.2) is 30.3 Å². The molecule has 25 heavy (non-hydrogen) atoms. The average Bonchev–Trinajstić information content (AvgIpc) is 3.28. The van der Waals surface area contributed by atoms with Gasteiger partial charge in [-0.25, -0.2) is 4.39 Å². The van der Waals surface area contributed by atoms with E-state index >= 15 is 0 Å². The van der Waals surface area contributed by atoms with Gasteiger partial charge in [0.2, 0.25) is 11.6 Å². The molecule has 4 rings (SSSR count). The summed E-state index contributed by atoms with van der Waals surface area (Å²) in [5, 5.41) is 16.2. The molecule has 2 aromatic carbocycles. The number of hydrogen-bond donors (Lipinski definition) is 0. The number of tetrazole rings is 1. The Hall–Kier alpha value is -3.42. The molecule has 8 heteroatoms. The molecule has 0 amide bonds. The molecule has 0 saturated carbocycles. The summed E-state index contributed by atoms with van der Waals surface area (Å²) in [4.78, 5) is 5.66. The Labute approximate surface area is 142 Å². The van der Waals surface area contributed by atoms with Crippen LogP contribution in [0.4, 0.5) is 4.39 Å². The van der Waals surface area contributed by atoms with Crippen molar-refractivity contribution in [3.05, 3.63) is 65.8 Å². The van der Waals surface area contributed by atoms with E-state index in [0.717, 1.165) is 11.1 Å². The van der Waals surface area contributed by atoms with Crippen molar-refractivity contribution >= 4 is 0 Å². The largest absolute Gasteiger partial charge is 0.337 e. The van der Waals surface area contributed by atoms with Crippen LogP contribution >= 0.6 is 0 Å². The zero-order valence-corrected chi connectivity index (χ0v) is 13.3. The molecule has 0 N–H and O–H groups in total. The monoisotopic (exact) mass is 336 g/mol. The van der Waals surface area contributed by atoms with Crippen LogP contribution < -0.4 is 0 Å². The number of halogens is 1. The Bertz CT molecular complexity index is 1010. The van der Waals surface area contributed by atoms with Crippen LogP contribution in [0.5, 0.6) is 0 Å². The minimum Gasteiger partial charge on any atom is -0.337 e. The predicted molar refractivity (Wildman–Crippen MR) is 86.8 cm³/mol. The summed E-state index contributed by atoms with van der Waals surface area (Å²) in [6.45, 7) is 2.04. The van der Waals surface area contributed by atoms with Gasteiger partial charge in [0, 0.05) is 11.1 Å². The van der Waals surface area contributed by atoms with Crippen LogP contribution in [0.2, 0.25) is 0 Å². The van der Waals surface area contributed by atoms with Gasteiger partial charge in [0.1, 0.15) is 12.4 Å². The van der Waals surface area contributed by atoms with Crippen LogP contribution in [0.25, 0.3) is 22.8 Å². The zero-order valence-electron chi connectivity index (χ0n) is 13.3. The molecule has 2 heterocycles. The lowest BCUT2D eigenvalue weighted by atomic mass is 10.1. The standard InChI is InChI=1S/C17H13FN6O/c1-11-7-8-13(18)9-14(11)17-19-15(25-22-17)10-24-21-16(20-23-24)12-5-3-2-4-6-12/h2-9H,10H2,1H3. The Morgan fingerprint density at radius 1 is 1.08 bits per heavy atom. The first-order chi connectivity index (χ1) is 12.2. The maximum Gasteiger partial charge on any atom is 0.250 e. The molecule has 0 bridgehead atoms. The molecule has 0 spiro atoms. The van der Waals surface area contributed by atoms with Crippen molar-refractivity contribution in [1.29, 1.82) is 0 Å². The fourth-order valence-corrected chi connectivity index (χ4v) is 2.40. The average molecular weight is 336 g/mol. The highest BCUT2D eigenvalue weighted by Gasteiger charge is 2.14. The van der Waals surface area contributed by atoms with Crippen LogP contribution in [0.3, 0.4) is 0 Å². The van der Waals surface area contributed by atoms with Crippen molar-refractivity contribution in [3.63, 3.8) is 0 Å². The molecular formula is C17H13FN6O. The van der Waals surface area contributed by atoms with Gasteiger partial charge in [-0.3, -0.25) is 0 Å². The first-order valence-corrected chi connectivity index (χ1v) is 7.61. The van der Waals surface area contributed by atoms with Gasteiger partial charge < -0.3 is 4.52 Å². The molecule has 0 atom stereocenters. The van der Waals surface area contributed by atoms with Crippen LogP contribution in [0.15, 0.2) is 53.1 Å². The molecule has 2 aromatic heterocycles. The van der Waals surface area contributed by atoms with Crippen molar-refractivity contribution in [2.45, 2.75) is 13.5 Å². The van der Waals surface area contributed by atoms with Crippen molar-refractivity contribution in [1.82, 2.24) is 30.3 Å². The summed E-state index contributed by atoms with van der Waals surface area (Å²) in [7, 11) is 0. The second-order valence-corrected chi connectivity index (χ2v) is 5.48. The van der Waals surface area contributed by atoms with E-state index in [-0.39, 0.29) is 12.4 Å². The maximum atomic E-state index is 13.4. The van der Waals surface area contributed by atoms with Crippen molar-refractivity contribution in [2.75, 3.05) is 0 Å². The smallest absolute Gasteiger partial charge is 0.250 e. The Morgan fingerprint density at radius 3 is 2.76 bits per heavy atom. The maximum absolute atomic E-state index is 13.4. The topological polar surface area (TPSA) is 82.5 Å². The molecule has 0 fully saturated rings. The first kappa shape index (κ1) is 15.1. The second kappa shape index (κ2) is 6.23. The third-order valence-electron chi connectivity index (χ3n) is 3.67.